The molecule has 1 N–H and O–H groups in total. The van der Waals surface area contributed by atoms with E-state index in [1.54, 1.807) is 0 Å². The molecule has 0 amide bonds. The number of aliphatic carboxylic acids is 1. The lowest BCUT2D eigenvalue weighted by Crippen LogP contribution is -1.97. The van der Waals surface area contributed by atoms with E-state index in [0.717, 1.165) is 11.1 Å². The molecular formula is C13H16O2. The molecule has 1 aromatic carbocycles. The Morgan fingerprint density at radius 3 is 2.73 bits per heavy atom. The summed E-state index contributed by atoms with van der Waals surface area (Å²) in [6.45, 7) is 4.09. The van der Waals surface area contributed by atoms with Gasteiger partial charge in [-0.2, -0.15) is 0 Å². The lowest BCUT2D eigenvalue weighted by Gasteiger charge is -2.01. The first-order chi connectivity index (χ1) is 7.08. The fourth-order valence-electron chi connectivity index (χ4n) is 1.42. The average molecular weight is 204 g/mol. The van der Waals surface area contributed by atoms with Gasteiger partial charge in [-0.3, -0.25) is 4.79 Å². The van der Waals surface area contributed by atoms with Gasteiger partial charge in [-0.1, -0.05) is 35.9 Å². The van der Waals surface area contributed by atoms with Crippen molar-refractivity contribution in [3.05, 3.63) is 41.0 Å². The number of benzene rings is 1. The predicted octanol–water partition coefficient (Wildman–Crippen LogP) is 3.13. The van der Waals surface area contributed by atoms with Gasteiger partial charge < -0.3 is 5.11 Å². The topological polar surface area (TPSA) is 37.3 Å². The fraction of sp³-hybridized carbons (Fsp3) is 0.308. The summed E-state index contributed by atoms with van der Waals surface area (Å²) in [4.78, 5) is 10.4. The summed E-state index contributed by atoms with van der Waals surface area (Å²) in [6, 6.07) is 7.99. The molecule has 0 atom stereocenters. The van der Waals surface area contributed by atoms with Crippen LogP contribution in [-0.4, -0.2) is 11.1 Å². The number of aryl methyl sites for hydroxylation is 1. The van der Waals surface area contributed by atoms with Gasteiger partial charge in [-0.25, -0.2) is 0 Å². The first-order valence-electron chi connectivity index (χ1n) is 5.03. The molecule has 1 rings (SSSR count). The van der Waals surface area contributed by atoms with Gasteiger partial charge in [-0.15, -0.1) is 0 Å². The molecule has 0 aliphatic carbocycles. The quantitative estimate of drug-likeness (QED) is 0.818. The van der Waals surface area contributed by atoms with Gasteiger partial charge in [0.1, 0.15) is 0 Å². The summed E-state index contributed by atoms with van der Waals surface area (Å²) in [7, 11) is 0. The van der Waals surface area contributed by atoms with E-state index in [0.29, 0.717) is 6.42 Å². The molecule has 0 saturated heterocycles. The van der Waals surface area contributed by atoms with Gasteiger partial charge in [0, 0.05) is 6.42 Å². The standard InChI is InChI=1S/C13H16O2/c1-10(2)8-12-5-3-4-11(9-12)6-7-13(14)15/h3-5,8-9H,6-7H2,1-2H3,(H,14,15). The summed E-state index contributed by atoms with van der Waals surface area (Å²) >= 11 is 0. The van der Waals surface area contributed by atoms with Crippen molar-refractivity contribution in [2.45, 2.75) is 26.7 Å². The Labute approximate surface area is 90.3 Å². The number of carbonyl (C=O) groups is 1. The van der Waals surface area contributed by atoms with E-state index in [-0.39, 0.29) is 6.42 Å². The van der Waals surface area contributed by atoms with Crippen LogP contribution in [0.4, 0.5) is 0 Å². The molecule has 2 heteroatoms. The van der Waals surface area contributed by atoms with Crippen LogP contribution in [0.3, 0.4) is 0 Å². The number of allylic oxidation sites excluding steroid dienone is 1. The van der Waals surface area contributed by atoms with E-state index in [9.17, 15) is 4.79 Å². The van der Waals surface area contributed by atoms with Crippen LogP contribution in [0.5, 0.6) is 0 Å². The normalized spacial score (nSPS) is 9.73. The molecule has 80 valence electrons. The third kappa shape index (κ3) is 4.45. The molecule has 0 saturated carbocycles. The summed E-state index contributed by atoms with van der Waals surface area (Å²) in [5, 5.41) is 8.58. The van der Waals surface area contributed by atoms with Crippen molar-refractivity contribution in [1.82, 2.24) is 0 Å². The lowest BCUT2D eigenvalue weighted by atomic mass is 10.1. The molecule has 0 aliphatic heterocycles. The Morgan fingerprint density at radius 1 is 1.40 bits per heavy atom. The third-order valence-corrected chi connectivity index (χ3v) is 2.03. The molecule has 2 nitrogen and oxygen atoms in total. The maximum atomic E-state index is 10.4. The molecule has 0 unspecified atom stereocenters. The number of carboxylic acids is 1. The maximum Gasteiger partial charge on any atom is 0.303 e. The predicted molar refractivity (Wildman–Crippen MR) is 61.7 cm³/mol. The van der Waals surface area contributed by atoms with Crippen molar-refractivity contribution in [2.75, 3.05) is 0 Å². The molecule has 0 aliphatic rings. The van der Waals surface area contributed by atoms with Crippen LogP contribution in [0.2, 0.25) is 0 Å². The minimum absolute atomic E-state index is 0.193. The highest BCUT2D eigenvalue weighted by atomic mass is 16.4. The van der Waals surface area contributed by atoms with Crippen LogP contribution in [0.15, 0.2) is 29.8 Å². The van der Waals surface area contributed by atoms with Crippen molar-refractivity contribution in [2.24, 2.45) is 0 Å². The van der Waals surface area contributed by atoms with Crippen LogP contribution in [0, 0.1) is 0 Å². The van der Waals surface area contributed by atoms with Crippen molar-refractivity contribution in [1.29, 1.82) is 0 Å². The molecule has 15 heavy (non-hydrogen) atoms. The SMILES string of the molecule is CC(C)=Cc1cccc(CCC(=O)O)c1. The van der Waals surface area contributed by atoms with Crippen molar-refractivity contribution in [3.8, 4) is 0 Å². The molecule has 0 radical (unpaired) electrons. The summed E-state index contributed by atoms with van der Waals surface area (Å²) in [5.74, 6) is -0.748. The molecule has 0 bridgehead atoms. The summed E-state index contributed by atoms with van der Waals surface area (Å²) < 4.78 is 0. The number of hydrogen-bond donors (Lipinski definition) is 1. The number of carboxylic acid groups (broad SMARTS) is 1. The van der Waals surface area contributed by atoms with E-state index in [1.165, 1.54) is 5.57 Å². The van der Waals surface area contributed by atoms with Crippen molar-refractivity contribution < 1.29 is 9.90 Å². The Balaban J connectivity index is 2.74. The molecule has 0 fully saturated rings. The molecule has 0 aromatic heterocycles. The highest BCUT2D eigenvalue weighted by Crippen LogP contribution is 2.11. The minimum Gasteiger partial charge on any atom is -0.481 e. The van der Waals surface area contributed by atoms with Gasteiger partial charge in [0.25, 0.3) is 0 Å². The van der Waals surface area contributed by atoms with E-state index in [2.05, 4.69) is 6.08 Å². The molecule has 0 heterocycles. The smallest absolute Gasteiger partial charge is 0.303 e. The zero-order valence-electron chi connectivity index (χ0n) is 9.16. The zero-order valence-corrected chi connectivity index (χ0v) is 9.16. The van der Waals surface area contributed by atoms with Gasteiger partial charge in [0.2, 0.25) is 0 Å². The highest BCUT2D eigenvalue weighted by molar-refractivity contribution is 5.67. The van der Waals surface area contributed by atoms with E-state index >= 15 is 0 Å². The third-order valence-electron chi connectivity index (χ3n) is 2.03. The van der Waals surface area contributed by atoms with Crippen LogP contribution in [-0.2, 0) is 11.2 Å². The van der Waals surface area contributed by atoms with Gasteiger partial charge in [-0.05, 0) is 31.4 Å². The Morgan fingerprint density at radius 2 is 2.13 bits per heavy atom. The first kappa shape index (κ1) is 11.5. The van der Waals surface area contributed by atoms with Crippen LogP contribution in [0.25, 0.3) is 6.08 Å². The highest BCUT2D eigenvalue weighted by Gasteiger charge is 1.99. The van der Waals surface area contributed by atoms with Crippen LogP contribution >= 0.6 is 0 Å². The fourth-order valence-corrected chi connectivity index (χ4v) is 1.42. The Bertz CT molecular complexity index is 374. The van der Waals surface area contributed by atoms with Gasteiger partial charge >= 0.3 is 5.97 Å². The second kappa shape index (κ2) is 5.35. The maximum absolute atomic E-state index is 10.4. The zero-order chi connectivity index (χ0) is 11.3. The molecule has 0 spiro atoms. The van der Waals surface area contributed by atoms with E-state index in [1.807, 2.05) is 38.1 Å². The van der Waals surface area contributed by atoms with E-state index < -0.39 is 5.97 Å². The lowest BCUT2D eigenvalue weighted by molar-refractivity contribution is -0.136. The van der Waals surface area contributed by atoms with Gasteiger partial charge in [0.05, 0.1) is 0 Å². The first-order valence-corrected chi connectivity index (χ1v) is 5.03. The summed E-state index contributed by atoms with van der Waals surface area (Å²) in [5.41, 5.74) is 3.45. The minimum atomic E-state index is -0.748. The Hall–Kier alpha value is -1.57. The summed E-state index contributed by atoms with van der Waals surface area (Å²) in [6.07, 6.45) is 2.88. The molecular weight excluding hydrogens is 188 g/mol. The largest absolute Gasteiger partial charge is 0.481 e. The Kier molecular flexibility index (Phi) is 4.10. The van der Waals surface area contributed by atoms with Crippen LogP contribution < -0.4 is 0 Å². The van der Waals surface area contributed by atoms with Gasteiger partial charge in [0.15, 0.2) is 0 Å². The monoisotopic (exact) mass is 204 g/mol. The average Bonchev–Trinajstić information content (AvgIpc) is 2.14. The van der Waals surface area contributed by atoms with Crippen molar-refractivity contribution >= 4 is 12.0 Å². The van der Waals surface area contributed by atoms with Crippen molar-refractivity contribution in [3.63, 3.8) is 0 Å². The second-order valence-electron chi connectivity index (χ2n) is 3.86. The number of rotatable bonds is 4. The molecule has 1 aromatic rings. The van der Waals surface area contributed by atoms with E-state index in [4.69, 9.17) is 5.11 Å². The second-order valence-corrected chi connectivity index (χ2v) is 3.86. The number of hydrogen-bond acceptors (Lipinski definition) is 1. The van der Waals surface area contributed by atoms with Crippen LogP contribution in [0.1, 0.15) is 31.4 Å².